The molecule has 0 saturated carbocycles. The minimum absolute atomic E-state index is 0.146. The van der Waals surface area contributed by atoms with Crippen LogP contribution in [0.4, 0.5) is 13.2 Å². The first-order valence-electron chi connectivity index (χ1n) is 10.9. The fourth-order valence-corrected chi connectivity index (χ4v) is 3.96. The predicted octanol–water partition coefficient (Wildman–Crippen LogP) is 5.18. The SMILES string of the molecule is CNC(=O)[C@H](N[C@H](CCc1ccc(C(F)(F)F)cc1)c1ccc2c(c1)OCO2)c1ccccc1. The molecule has 1 aliphatic heterocycles. The molecule has 34 heavy (non-hydrogen) atoms. The summed E-state index contributed by atoms with van der Waals surface area (Å²) in [6.07, 6.45) is -3.31. The molecule has 3 aromatic carbocycles. The van der Waals surface area contributed by atoms with Crippen LogP contribution in [0.15, 0.2) is 72.8 Å². The molecule has 1 heterocycles. The van der Waals surface area contributed by atoms with E-state index in [1.807, 2.05) is 48.5 Å². The van der Waals surface area contributed by atoms with Gasteiger partial charge in [-0.2, -0.15) is 13.2 Å². The van der Waals surface area contributed by atoms with E-state index in [0.717, 1.165) is 28.8 Å². The normalized spacial score (nSPS) is 14.5. The number of aryl methyl sites for hydroxylation is 1. The van der Waals surface area contributed by atoms with Crippen molar-refractivity contribution in [1.82, 2.24) is 10.6 Å². The maximum absolute atomic E-state index is 12.9. The lowest BCUT2D eigenvalue weighted by molar-refractivity contribution is -0.137. The van der Waals surface area contributed by atoms with Crippen molar-refractivity contribution in [2.24, 2.45) is 0 Å². The molecule has 1 amide bonds. The van der Waals surface area contributed by atoms with Crippen molar-refractivity contribution >= 4 is 5.91 Å². The van der Waals surface area contributed by atoms with Gasteiger partial charge in [-0.05, 0) is 53.8 Å². The summed E-state index contributed by atoms with van der Waals surface area (Å²) < 4.78 is 49.7. The van der Waals surface area contributed by atoms with Gasteiger partial charge in [0.15, 0.2) is 11.5 Å². The van der Waals surface area contributed by atoms with Crippen LogP contribution in [0.1, 0.15) is 40.8 Å². The topological polar surface area (TPSA) is 59.6 Å². The van der Waals surface area contributed by atoms with Gasteiger partial charge in [0.2, 0.25) is 12.7 Å². The van der Waals surface area contributed by atoms with Crippen LogP contribution < -0.4 is 20.1 Å². The fraction of sp³-hybridized carbons (Fsp3) is 0.269. The van der Waals surface area contributed by atoms with E-state index in [4.69, 9.17) is 9.47 Å². The number of nitrogens with one attached hydrogen (secondary N) is 2. The molecule has 0 fully saturated rings. The highest BCUT2D eigenvalue weighted by Crippen LogP contribution is 2.36. The molecule has 0 bridgehead atoms. The molecule has 5 nitrogen and oxygen atoms in total. The lowest BCUT2D eigenvalue weighted by atomic mass is 9.95. The number of ether oxygens (including phenoxy) is 2. The van der Waals surface area contributed by atoms with Crippen LogP contribution in [0.25, 0.3) is 0 Å². The first kappa shape index (κ1) is 23.6. The Morgan fingerprint density at radius 3 is 2.32 bits per heavy atom. The molecule has 178 valence electrons. The fourth-order valence-electron chi connectivity index (χ4n) is 3.96. The zero-order valence-electron chi connectivity index (χ0n) is 18.6. The number of carbonyl (C=O) groups excluding carboxylic acids is 1. The maximum Gasteiger partial charge on any atom is 0.416 e. The van der Waals surface area contributed by atoms with Crippen LogP contribution in [0, 0.1) is 0 Å². The van der Waals surface area contributed by atoms with Crippen molar-refractivity contribution in [1.29, 1.82) is 0 Å². The lowest BCUT2D eigenvalue weighted by Gasteiger charge is -2.26. The van der Waals surface area contributed by atoms with E-state index in [1.54, 1.807) is 7.05 Å². The first-order chi connectivity index (χ1) is 16.3. The number of alkyl halides is 3. The third-order valence-electron chi connectivity index (χ3n) is 5.81. The molecule has 1 aliphatic rings. The first-order valence-corrected chi connectivity index (χ1v) is 10.9. The number of likely N-dealkylation sites (N-methyl/N-ethyl adjacent to an activating group) is 1. The van der Waals surface area contributed by atoms with Crippen molar-refractivity contribution in [3.05, 3.63) is 95.1 Å². The second-order valence-corrected chi connectivity index (χ2v) is 8.02. The summed E-state index contributed by atoms with van der Waals surface area (Å²) in [5.41, 5.74) is 1.80. The van der Waals surface area contributed by atoms with Gasteiger partial charge in [-0.3, -0.25) is 10.1 Å². The minimum atomic E-state index is -4.37. The number of fused-ring (bicyclic) bond motifs is 1. The van der Waals surface area contributed by atoms with Crippen LogP contribution >= 0.6 is 0 Å². The Balaban J connectivity index is 1.59. The van der Waals surface area contributed by atoms with E-state index in [1.165, 1.54) is 12.1 Å². The molecule has 0 radical (unpaired) electrons. The van der Waals surface area contributed by atoms with E-state index in [9.17, 15) is 18.0 Å². The summed E-state index contributed by atoms with van der Waals surface area (Å²) in [4.78, 5) is 12.7. The maximum atomic E-state index is 12.9. The Morgan fingerprint density at radius 1 is 0.941 bits per heavy atom. The highest BCUT2D eigenvalue weighted by atomic mass is 19.4. The highest BCUT2D eigenvalue weighted by molar-refractivity contribution is 5.83. The van der Waals surface area contributed by atoms with Gasteiger partial charge in [-0.15, -0.1) is 0 Å². The van der Waals surface area contributed by atoms with Crippen molar-refractivity contribution in [3.63, 3.8) is 0 Å². The van der Waals surface area contributed by atoms with Crippen molar-refractivity contribution in [2.45, 2.75) is 31.1 Å². The van der Waals surface area contributed by atoms with Gasteiger partial charge in [-0.1, -0.05) is 48.5 Å². The highest BCUT2D eigenvalue weighted by Gasteiger charge is 2.30. The van der Waals surface area contributed by atoms with Crippen LogP contribution in [0.5, 0.6) is 11.5 Å². The van der Waals surface area contributed by atoms with Crippen molar-refractivity contribution in [3.8, 4) is 11.5 Å². The van der Waals surface area contributed by atoms with Crippen LogP contribution in [0.3, 0.4) is 0 Å². The van der Waals surface area contributed by atoms with E-state index in [0.29, 0.717) is 24.3 Å². The molecule has 0 unspecified atom stereocenters. The standard InChI is InChI=1S/C26H25F3N2O3/c1-30-25(32)24(18-5-3-2-4-6-18)31-21(19-10-14-22-23(15-19)34-16-33-22)13-9-17-7-11-20(12-8-17)26(27,28)29/h2-8,10-12,14-15,21,24,31H,9,13,16H2,1H3,(H,30,32)/t21-,24-/m1/s1. The van der Waals surface area contributed by atoms with Crippen molar-refractivity contribution < 1.29 is 27.4 Å². The van der Waals surface area contributed by atoms with Gasteiger partial charge in [0, 0.05) is 13.1 Å². The molecular weight excluding hydrogens is 445 g/mol. The zero-order chi connectivity index (χ0) is 24.1. The average molecular weight is 470 g/mol. The van der Waals surface area contributed by atoms with Gasteiger partial charge in [0.1, 0.15) is 6.04 Å². The minimum Gasteiger partial charge on any atom is -0.454 e. The molecule has 2 N–H and O–H groups in total. The summed E-state index contributed by atoms with van der Waals surface area (Å²) in [6.45, 7) is 0.146. The Hall–Kier alpha value is -3.52. The average Bonchev–Trinajstić information content (AvgIpc) is 3.32. The molecule has 3 aromatic rings. The molecular formula is C26H25F3N2O3. The third kappa shape index (κ3) is 5.51. The largest absolute Gasteiger partial charge is 0.454 e. The molecule has 2 atom stereocenters. The summed E-state index contributed by atoms with van der Waals surface area (Å²) in [7, 11) is 1.58. The van der Waals surface area contributed by atoms with Gasteiger partial charge in [0.25, 0.3) is 0 Å². The summed E-state index contributed by atoms with van der Waals surface area (Å²) in [6, 6.07) is 19.2. The number of benzene rings is 3. The molecule has 0 aromatic heterocycles. The molecule has 8 heteroatoms. The van der Waals surface area contributed by atoms with Gasteiger partial charge < -0.3 is 14.8 Å². The second kappa shape index (κ2) is 10.2. The van der Waals surface area contributed by atoms with Gasteiger partial charge in [0.05, 0.1) is 5.56 Å². The lowest BCUT2D eigenvalue weighted by Crippen LogP contribution is -2.38. The van der Waals surface area contributed by atoms with E-state index >= 15 is 0 Å². The number of amides is 1. The Labute approximate surface area is 195 Å². The summed E-state index contributed by atoms with van der Waals surface area (Å²) in [5.74, 6) is 1.08. The van der Waals surface area contributed by atoms with E-state index < -0.39 is 17.8 Å². The number of hydrogen-bond donors (Lipinski definition) is 2. The molecule has 4 rings (SSSR count). The zero-order valence-corrected chi connectivity index (χ0v) is 18.6. The Kier molecular flexibility index (Phi) is 7.07. The van der Waals surface area contributed by atoms with Crippen LogP contribution in [0.2, 0.25) is 0 Å². The van der Waals surface area contributed by atoms with Gasteiger partial charge >= 0.3 is 6.18 Å². The van der Waals surface area contributed by atoms with E-state index in [2.05, 4.69) is 10.6 Å². The Morgan fingerprint density at radius 2 is 1.65 bits per heavy atom. The second-order valence-electron chi connectivity index (χ2n) is 8.02. The number of hydrogen-bond acceptors (Lipinski definition) is 4. The van der Waals surface area contributed by atoms with Crippen LogP contribution in [-0.2, 0) is 17.4 Å². The summed E-state index contributed by atoms with van der Waals surface area (Å²) in [5, 5.41) is 6.15. The smallest absolute Gasteiger partial charge is 0.416 e. The predicted molar refractivity (Wildman–Crippen MR) is 121 cm³/mol. The van der Waals surface area contributed by atoms with Gasteiger partial charge in [-0.25, -0.2) is 0 Å². The third-order valence-corrected chi connectivity index (χ3v) is 5.81. The number of halogens is 3. The molecule has 0 aliphatic carbocycles. The monoisotopic (exact) mass is 470 g/mol. The quantitative estimate of drug-likeness (QED) is 0.476. The number of rotatable bonds is 8. The molecule has 0 spiro atoms. The summed E-state index contributed by atoms with van der Waals surface area (Å²) >= 11 is 0. The molecule has 0 saturated heterocycles. The Bertz CT molecular complexity index is 1120. The van der Waals surface area contributed by atoms with Crippen LogP contribution in [-0.4, -0.2) is 19.7 Å². The number of carbonyl (C=O) groups is 1. The van der Waals surface area contributed by atoms with Crippen molar-refractivity contribution in [2.75, 3.05) is 13.8 Å². The van der Waals surface area contributed by atoms with E-state index in [-0.39, 0.29) is 18.7 Å².